The lowest BCUT2D eigenvalue weighted by molar-refractivity contribution is 0.541. The highest BCUT2D eigenvalue weighted by molar-refractivity contribution is 4.89. The molecule has 0 aliphatic heterocycles. The Bertz CT molecular complexity index is 150. The summed E-state index contributed by atoms with van der Waals surface area (Å²) in [5.41, 5.74) is 0. The van der Waals surface area contributed by atoms with Gasteiger partial charge < -0.3 is 0 Å². The molecule has 0 heterocycles. The van der Waals surface area contributed by atoms with Crippen LogP contribution in [0.25, 0.3) is 0 Å². The SMILES string of the molecule is CCCC1CC1CCC1CC1C. The minimum Gasteiger partial charge on any atom is -0.0654 e. The topological polar surface area (TPSA) is 0 Å². The first-order chi connectivity index (χ1) is 5.81. The largest absolute Gasteiger partial charge is 0.0654 e. The molecule has 0 nitrogen and oxygen atoms in total. The van der Waals surface area contributed by atoms with Crippen molar-refractivity contribution in [2.75, 3.05) is 0 Å². The lowest BCUT2D eigenvalue weighted by Gasteiger charge is -1.97. The molecule has 12 heavy (non-hydrogen) atoms. The summed E-state index contributed by atoms with van der Waals surface area (Å²) in [4.78, 5) is 0. The number of hydrogen-bond acceptors (Lipinski definition) is 0. The van der Waals surface area contributed by atoms with Crippen molar-refractivity contribution in [2.45, 2.75) is 52.4 Å². The van der Waals surface area contributed by atoms with Crippen molar-refractivity contribution in [1.82, 2.24) is 0 Å². The van der Waals surface area contributed by atoms with Crippen LogP contribution in [0.3, 0.4) is 0 Å². The van der Waals surface area contributed by atoms with Crippen LogP contribution >= 0.6 is 0 Å². The minimum atomic E-state index is 1.08. The van der Waals surface area contributed by atoms with Gasteiger partial charge in [0.1, 0.15) is 0 Å². The molecule has 0 aromatic rings. The summed E-state index contributed by atoms with van der Waals surface area (Å²) in [7, 11) is 0. The van der Waals surface area contributed by atoms with Gasteiger partial charge in [-0.1, -0.05) is 26.7 Å². The van der Waals surface area contributed by atoms with Gasteiger partial charge in [0.05, 0.1) is 0 Å². The summed E-state index contributed by atoms with van der Waals surface area (Å²) >= 11 is 0. The monoisotopic (exact) mass is 166 g/mol. The van der Waals surface area contributed by atoms with Gasteiger partial charge in [-0.3, -0.25) is 0 Å². The van der Waals surface area contributed by atoms with E-state index >= 15 is 0 Å². The molecule has 0 saturated heterocycles. The minimum absolute atomic E-state index is 1.08. The number of hydrogen-bond donors (Lipinski definition) is 0. The van der Waals surface area contributed by atoms with Crippen molar-refractivity contribution in [3.8, 4) is 0 Å². The van der Waals surface area contributed by atoms with Gasteiger partial charge in [-0.15, -0.1) is 0 Å². The second-order valence-corrected chi connectivity index (χ2v) is 5.09. The van der Waals surface area contributed by atoms with E-state index in [9.17, 15) is 0 Å². The molecule has 4 atom stereocenters. The molecule has 2 aliphatic carbocycles. The van der Waals surface area contributed by atoms with Gasteiger partial charge in [0.25, 0.3) is 0 Å². The fraction of sp³-hybridized carbons (Fsp3) is 1.00. The van der Waals surface area contributed by atoms with Crippen molar-refractivity contribution >= 4 is 0 Å². The summed E-state index contributed by atoms with van der Waals surface area (Å²) in [5.74, 6) is 4.50. The first-order valence-corrected chi connectivity index (χ1v) is 5.81. The molecule has 0 radical (unpaired) electrons. The summed E-state index contributed by atoms with van der Waals surface area (Å²) in [5, 5.41) is 0. The normalized spacial score (nSPS) is 44.5. The first kappa shape index (κ1) is 8.59. The summed E-state index contributed by atoms with van der Waals surface area (Å²) in [6.45, 7) is 4.72. The van der Waals surface area contributed by atoms with Crippen molar-refractivity contribution in [1.29, 1.82) is 0 Å². The van der Waals surface area contributed by atoms with Crippen LogP contribution in [0.15, 0.2) is 0 Å². The van der Waals surface area contributed by atoms with Crippen LogP contribution in [-0.2, 0) is 0 Å². The van der Waals surface area contributed by atoms with E-state index in [1.807, 2.05) is 0 Å². The standard InChI is InChI=1S/C12H22/c1-3-4-11-8-12(11)6-5-10-7-9(10)2/h9-12H,3-8H2,1-2H3. The Morgan fingerprint density at radius 1 is 0.917 bits per heavy atom. The Morgan fingerprint density at radius 2 is 1.50 bits per heavy atom. The van der Waals surface area contributed by atoms with E-state index in [2.05, 4.69) is 13.8 Å². The van der Waals surface area contributed by atoms with Crippen LogP contribution in [0, 0.1) is 23.7 Å². The second kappa shape index (κ2) is 3.40. The molecule has 2 fully saturated rings. The average molecular weight is 166 g/mol. The maximum atomic E-state index is 2.40. The van der Waals surface area contributed by atoms with E-state index < -0.39 is 0 Å². The van der Waals surface area contributed by atoms with E-state index in [0.717, 1.165) is 23.7 Å². The molecule has 0 aromatic heterocycles. The van der Waals surface area contributed by atoms with Gasteiger partial charge >= 0.3 is 0 Å². The van der Waals surface area contributed by atoms with Crippen LogP contribution in [0.5, 0.6) is 0 Å². The van der Waals surface area contributed by atoms with E-state index in [1.165, 1.54) is 19.3 Å². The molecule has 0 amide bonds. The van der Waals surface area contributed by atoms with Crippen molar-refractivity contribution in [3.63, 3.8) is 0 Å². The second-order valence-electron chi connectivity index (χ2n) is 5.09. The fourth-order valence-corrected chi connectivity index (χ4v) is 2.62. The molecule has 4 unspecified atom stereocenters. The molecule has 0 spiro atoms. The maximum Gasteiger partial charge on any atom is -0.0383 e. The molecule has 0 N–H and O–H groups in total. The maximum absolute atomic E-state index is 2.40. The molecular weight excluding hydrogens is 144 g/mol. The zero-order valence-corrected chi connectivity index (χ0v) is 8.55. The molecule has 0 bridgehead atoms. The Balaban J connectivity index is 1.52. The lowest BCUT2D eigenvalue weighted by atomic mass is 10.1. The van der Waals surface area contributed by atoms with Gasteiger partial charge in [-0.2, -0.15) is 0 Å². The molecule has 0 aromatic carbocycles. The summed E-state index contributed by atoms with van der Waals surface area (Å²) < 4.78 is 0. The summed E-state index contributed by atoms with van der Waals surface area (Å²) in [6.07, 6.45) is 9.11. The van der Waals surface area contributed by atoms with Gasteiger partial charge in [0, 0.05) is 0 Å². The Morgan fingerprint density at radius 3 is 2.08 bits per heavy atom. The predicted octanol–water partition coefficient (Wildman–Crippen LogP) is 3.86. The highest BCUT2D eigenvalue weighted by atomic mass is 14.4. The van der Waals surface area contributed by atoms with Gasteiger partial charge in [-0.05, 0) is 49.4 Å². The van der Waals surface area contributed by atoms with Crippen LogP contribution in [0.1, 0.15) is 52.4 Å². The Hall–Kier alpha value is 0. The van der Waals surface area contributed by atoms with Crippen molar-refractivity contribution < 1.29 is 0 Å². The molecular formula is C12H22. The van der Waals surface area contributed by atoms with Crippen molar-refractivity contribution in [3.05, 3.63) is 0 Å². The van der Waals surface area contributed by atoms with Crippen LogP contribution in [0.4, 0.5) is 0 Å². The molecule has 2 aliphatic rings. The van der Waals surface area contributed by atoms with E-state index in [0.29, 0.717) is 0 Å². The van der Waals surface area contributed by atoms with Gasteiger partial charge in [0.2, 0.25) is 0 Å². The zero-order valence-electron chi connectivity index (χ0n) is 8.55. The predicted molar refractivity (Wildman–Crippen MR) is 53.0 cm³/mol. The van der Waals surface area contributed by atoms with E-state index in [4.69, 9.17) is 0 Å². The highest BCUT2D eigenvalue weighted by Crippen LogP contribution is 2.49. The third-order valence-electron chi connectivity index (χ3n) is 3.91. The molecule has 70 valence electrons. The summed E-state index contributed by atoms with van der Waals surface area (Å²) in [6, 6.07) is 0. The molecule has 2 rings (SSSR count). The van der Waals surface area contributed by atoms with Crippen molar-refractivity contribution in [2.24, 2.45) is 23.7 Å². The molecule has 0 heteroatoms. The highest BCUT2D eigenvalue weighted by Gasteiger charge is 2.38. The Kier molecular flexibility index (Phi) is 2.43. The average Bonchev–Trinajstić information content (AvgIpc) is 2.88. The van der Waals surface area contributed by atoms with Gasteiger partial charge in [0.15, 0.2) is 0 Å². The third kappa shape index (κ3) is 2.02. The lowest BCUT2D eigenvalue weighted by Crippen LogP contribution is -1.86. The van der Waals surface area contributed by atoms with E-state index in [-0.39, 0.29) is 0 Å². The van der Waals surface area contributed by atoms with Gasteiger partial charge in [-0.25, -0.2) is 0 Å². The quantitative estimate of drug-likeness (QED) is 0.582. The Labute approximate surface area is 76.7 Å². The van der Waals surface area contributed by atoms with Crippen LogP contribution < -0.4 is 0 Å². The fourth-order valence-electron chi connectivity index (χ4n) is 2.62. The zero-order chi connectivity index (χ0) is 8.55. The first-order valence-electron chi connectivity index (χ1n) is 5.81. The van der Waals surface area contributed by atoms with Crippen LogP contribution in [0.2, 0.25) is 0 Å². The van der Waals surface area contributed by atoms with Crippen LogP contribution in [-0.4, -0.2) is 0 Å². The van der Waals surface area contributed by atoms with E-state index in [1.54, 1.807) is 19.3 Å². The third-order valence-corrected chi connectivity index (χ3v) is 3.91. The number of rotatable bonds is 5. The molecule has 2 saturated carbocycles. The smallest absolute Gasteiger partial charge is 0.0383 e.